The van der Waals surface area contributed by atoms with Crippen LogP contribution in [0.15, 0.2) is 45.8 Å². The first-order valence-corrected chi connectivity index (χ1v) is 13.0. The second-order valence-electron chi connectivity index (χ2n) is 9.01. The molecular weight excluding hydrogens is 461 g/mol. The molecule has 1 fully saturated rings. The van der Waals surface area contributed by atoms with Gasteiger partial charge in [-0.25, -0.2) is 12.8 Å². The molecule has 3 aromatic rings. The van der Waals surface area contributed by atoms with Crippen molar-refractivity contribution >= 4 is 15.9 Å². The van der Waals surface area contributed by atoms with Gasteiger partial charge in [-0.2, -0.15) is 4.98 Å². The van der Waals surface area contributed by atoms with E-state index in [0.29, 0.717) is 41.2 Å². The Kier molecular flexibility index (Phi) is 5.93. The minimum Gasteiger partial charge on any atom is -0.490 e. The highest BCUT2D eigenvalue weighted by atomic mass is 32.2. The largest absolute Gasteiger partial charge is 0.490 e. The fraction of sp³-hybridized carbons (Fsp3) is 0.417. The Bertz CT molecular complexity index is 1300. The SMILES string of the molecule is CC(C)c1noc(N2CCC(COc3ccc(-c4ccc5c(c4)OCS5(=O)=O)cc3F)CC2)n1. The van der Waals surface area contributed by atoms with E-state index in [2.05, 4.69) is 15.0 Å². The van der Waals surface area contributed by atoms with Gasteiger partial charge in [0.15, 0.2) is 23.3 Å². The molecule has 8 nitrogen and oxygen atoms in total. The van der Waals surface area contributed by atoms with Gasteiger partial charge in [0.1, 0.15) is 10.6 Å². The second kappa shape index (κ2) is 8.90. The number of rotatable bonds is 6. The van der Waals surface area contributed by atoms with E-state index in [0.717, 1.165) is 25.9 Å². The highest BCUT2D eigenvalue weighted by Gasteiger charge is 2.28. The Morgan fingerprint density at radius 3 is 2.59 bits per heavy atom. The topological polar surface area (TPSA) is 94.8 Å². The van der Waals surface area contributed by atoms with E-state index in [4.69, 9.17) is 14.0 Å². The molecular formula is C24H26FN3O5S. The fourth-order valence-corrected chi connectivity index (χ4v) is 5.26. The molecule has 1 aromatic heterocycles. The zero-order valence-corrected chi connectivity index (χ0v) is 19.8. The van der Waals surface area contributed by atoms with Crippen molar-refractivity contribution in [3.63, 3.8) is 0 Å². The van der Waals surface area contributed by atoms with Crippen LogP contribution in [0, 0.1) is 11.7 Å². The maximum Gasteiger partial charge on any atom is 0.324 e. The first kappa shape index (κ1) is 22.6. The summed E-state index contributed by atoms with van der Waals surface area (Å²) in [5, 5.41) is 4.02. The molecule has 34 heavy (non-hydrogen) atoms. The highest BCUT2D eigenvalue weighted by Crippen LogP contribution is 2.36. The van der Waals surface area contributed by atoms with Crippen LogP contribution in [0.1, 0.15) is 38.4 Å². The van der Waals surface area contributed by atoms with Crippen LogP contribution in [-0.2, 0) is 9.84 Å². The molecule has 0 N–H and O–H groups in total. The molecule has 0 unspecified atom stereocenters. The molecule has 0 radical (unpaired) electrons. The normalized spacial score (nSPS) is 17.6. The van der Waals surface area contributed by atoms with Crippen LogP contribution >= 0.6 is 0 Å². The van der Waals surface area contributed by atoms with Gasteiger partial charge in [0.25, 0.3) is 0 Å². The Morgan fingerprint density at radius 2 is 1.88 bits per heavy atom. The fourth-order valence-electron chi connectivity index (χ4n) is 4.15. The van der Waals surface area contributed by atoms with E-state index < -0.39 is 15.7 Å². The Labute approximate surface area is 197 Å². The van der Waals surface area contributed by atoms with Crippen molar-refractivity contribution in [2.24, 2.45) is 5.92 Å². The number of aromatic nitrogens is 2. The number of hydrogen-bond acceptors (Lipinski definition) is 8. The Hall–Kier alpha value is -3.14. The van der Waals surface area contributed by atoms with Crippen molar-refractivity contribution < 1.29 is 26.8 Å². The number of fused-ring (bicyclic) bond motifs is 1. The van der Waals surface area contributed by atoms with Crippen LogP contribution in [0.25, 0.3) is 11.1 Å². The number of sulfone groups is 1. The number of ether oxygens (including phenoxy) is 2. The minimum atomic E-state index is -3.39. The van der Waals surface area contributed by atoms with Crippen LogP contribution in [0.3, 0.4) is 0 Å². The summed E-state index contributed by atoms with van der Waals surface area (Å²) < 4.78 is 55.0. The first-order chi connectivity index (χ1) is 16.3. The molecule has 180 valence electrons. The van der Waals surface area contributed by atoms with E-state index in [-0.39, 0.29) is 22.5 Å². The zero-order chi connectivity index (χ0) is 23.9. The monoisotopic (exact) mass is 487 g/mol. The Balaban J connectivity index is 1.18. The third kappa shape index (κ3) is 4.46. The van der Waals surface area contributed by atoms with Crippen molar-refractivity contribution in [1.82, 2.24) is 10.1 Å². The Morgan fingerprint density at radius 1 is 1.15 bits per heavy atom. The third-order valence-corrected chi connectivity index (χ3v) is 7.66. The zero-order valence-electron chi connectivity index (χ0n) is 19.0. The molecule has 2 aliphatic heterocycles. The molecule has 0 aliphatic carbocycles. The van der Waals surface area contributed by atoms with Gasteiger partial charge < -0.3 is 18.9 Å². The molecule has 10 heteroatoms. The summed E-state index contributed by atoms with van der Waals surface area (Å²) in [5.41, 5.74) is 1.30. The lowest BCUT2D eigenvalue weighted by molar-refractivity contribution is 0.213. The molecule has 0 amide bonds. The average molecular weight is 488 g/mol. The summed E-state index contributed by atoms with van der Waals surface area (Å²) in [6, 6.07) is 10.1. The van der Waals surface area contributed by atoms with Crippen molar-refractivity contribution in [2.75, 3.05) is 30.5 Å². The van der Waals surface area contributed by atoms with Gasteiger partial charge in [-0.15, -0.1) is 0 Å². The van der Waals surface area contributed by atoms with Crippen molar-refractivity contribution in [3.05, 3.63) is 48.0 Å². The summed E-state index contributed by atoms with van der Waals surface area (Å²) in [5.74, 6) is 0.901. The third-order valence-electron chi connectivity index (χ3n) is 6.22. The van der Waals surface area contributed by atoms with Gasteiger partial charge in [0.05, 0.1) is 6.61 Å². The van der Waals surface area contributed by atoms with Gasteiger partial charge in [-0.3, -0.25) is 0 Å². The maximum atomic E-state index is 14.8. The standard InChI is InChI=1S/C24H26FN3O5S/c1-15(2)23-26-24(33-27-23)28-9-7-16(8-10-28)13-31-20-5-3-17(11-19(20)25)18-4-6-22-21(12-18)32-14-34(22,29)30/h3-6,11-12,15-16H,7-10,13-14H2,1-2H3. The van der Waals surface area contributed by atoms with Crippen LogP contribution in [0.5, 0.6) is 11.5 Å². The molecule has 0 bridgehead atoms. The lowest BCUT2D eigenvalue weighted by atomic mass is 9.98. The minimum absolute atomic E-state index is 0.169. The number of anilines is 1. The van der Waals surface area contributed by atoms with E-state index in [9.17, 15) is 12.8 Å². The van der Waals surface area contributed by atoms with E-state index in [1.807, 2.05) is 13.8 Å². The molecule has 0 saturated carbocycles. The number of benzene rings is 2. The van der Waals surface area contributed by atoms with Gasteiger partial charge in [0, 0.05) is 19.0 Å². The summed E-state index contributed by atoms with van der Waals surface area (Å²) in [6.45, 7) is 6.04. The second-order valence-corrected chi connectivity index (χ2v) is 10.9. The molecule has 5 rings (SSSR count). The predicted octanol–water partition coefficient (Wildman–Crippen LogP) is 4.42. The predicted molar refractivity (Wildman–Crippen MR) is 123 cm³/mol. The van der Waals surface area contributed by atoms with E-state index in [1.165, 1.54) is 12.1 Å². The van der Waals surface area contributed by atoms with Gasteiger partial charge in [0.2, 0.25) is 9.84 Å². The number of halogens is 1. The maximum absolute atomic E-state index is 14.8. The number of hydrogen-bond donors (Lipinski definition) is 0. The molecule has 1 saturated heterocycles. The lowest BCUT2D eigenvalue weighted by Crippen LogP contribution is -2.35. The lowest BCUT2D eigenvalue weighted by Gasteiger charge is -2.30. The van der Waals surface area contributed by atoms with Crippen molar-refractivity contribution in [1.29, 1.82) is 0 Å². The smallest absolute Gasteiger partial charge is 0.324 e. The molecule has 0 atom stereocenters. The van der Waals surface area contributed by atoms with Crippen LogP contribution < -0.4 is 14.4 Å². The number of piperidine rings is 1. The molecule has 3 heterocycles. The van der Waals surface area contributed by atoms with Crippen LogP contribution in [0.4, 0.5) is 10.4 Å². The van der Waals surface area contributed by atoms with Crippen LogP contribution in [-0.4, -0.2) is 44.2 Å². The summed E-state index contributed by atoms with van der Waals surface area (Å²) in [6.07, 6.45) is 1.77. The van der Waals surface area contributed by atoms with Gasteiger partial charge in [-0.1, -0.05) is 31.1 Å². The van der Waals surface area contributed by atoms with Crippen molar-refractivity contribution in [2.45, 2.75) is 37.5 Å². The average Bonchev–Trinajstić information content (AvgIpc) is 3.44. The molecule has 2 aliphatic rings. The summed E-state index contributed by atoms with van der Waals surface area (Å²) >= 11 is 0. The number of nitrogens with zero attached hydrogens (tertiary/aromatic N) is 3. The summed E-state index contributed by atoms with van der Waals surface area (Å²) in [4.78, 5) is 6.70. The van der Waals surface area contributed by atoms with Gasteiger partial charge in [-0.05, 0) is 54.2 Å². The van der Waals surface area contributed by atoms with E-state index >= 15 is 0 Å². The molecule has 0 spiro atoms. The quantitative estimate of drug-likeness (QED) is 0.504. The van der Waals surface area contributed by atoms with Gasteiger partial charge >= 0.3 is 6.01 Å². The first-order valence-electron chi connectivity index (χ1n) is 11.3. The molecule has 2 aromatic carbocycles. The highest BCUT2D eigenvalue weighted by molar-refractivity contribution is 7.91. The summed E-state index contributed by atoms with van der Waals surface area (Å²) in [7, 11) is -3.39. The van der Waals surface area contributed by atoms with Crippen LogP contribution in [0.2, 0.25) is 0 Å². The van der Waals surface area contributed by atoms with E-state index in [1.54, 1.807) is 24.3 Å². The van der Waals surface area contributed by atoms with Crippen molar-refractivity contribution in [3.8, 4) is 22.6 Å².